The van der Waals surface area contributed by atoms with E-state index < -0.39 is 0 Å². The first-order valence-corrected chi connectivity index (χ1v) is 9.54. The summed E-state index contributed by atoms with van der Waals surface area (Å²) in [6, 6.07) is 26.5. The molecule has 2 heterocycles. The summed E-state index contributed by atoms with van der Waals surface area (Å²) in [7, 11) is 0. The third kappa shape index (κ3) is 4.41. The van der Waals surface area contributed by atoms with E-state index in [1.165, 1.54) is 21.9 Å². The van der Waals surface area contributed by atoms with Crippen molar-refractivity contribution in [1.82, 2.24) is 9.97 Å². The smallest absolute Gasteiger partial charge is 0.120 e. The van der Waals surface area contributed by atoms with Gasteiger partial charge in [0.2, 0.25) is 0 Å². The molecule has 0 radical (unpaired) electrons. The van der Waals surface area contributed by atoms with Crippen molar-refractivity contribution in [2.45, 2.75) is 6.61 Å². The van der Waals surface area contributed by atoms with Crippen LogP contribution in [0.3, 0.4) is 0 Å². The molecule has 2 aromatic heterocycles. The van der Waals surface area contributed by atoms with Crippen LogP contribution in [0.15, 0.2) is 95.7 Å². The van der Waals surface area contributed by atoms with E-state index in [0.29, 0.717) is 6.61 Å². The van der Waals surface area contributed by atoms with Gasteiger partial charge >= 0.3 is 0 Å². The molecule has 0 saturated heterocycles. The Morgan fingerprint density at radius 2 is 1.37 bits per heavy atom. The lowest BCUT2D eigenvalue weighted by atomic mass is 10.2. The summed E-state index contributed by atoms with van der Waals surface area (Å²) in [6.07, 6.45) is 3.88. The molecule has 27 heavy (non-hydrogen) atoms. The normalized spacial score (nSPS) is 10.6. The Hall–Kier alpha value is -2.98. The van der Waals surface area contributed by atoms with E-state index in [1.54, 1.807) is 0 Å². The Balaban J connectivity index is 0.000000153. The number of benzene rings is 3. The Kier molecular flexibility index (Phi) is 5.26. The SMILES string of the molecule is Brc1ccc2[nH]ccc2c1.c1ccc(COc2ccc3[nH]ccc3c2)cc1. The van der Waals surface area contributed by atoms with Crippen LogP contribution in [0.4, 0.5) is 0 Å². The zero-order chi connectivity index (χ0) is 18.5. The second kappa shape index (κ2) is 8.14. The van der Waals surface area contributed by atoms with Crippen molar-refractivity contribution in [1.29, 1.82) is 0 Å². The molecule has 0 spiro atoms. The highest BCUT2D eigenvalue weighted by atomic mass is 79.9. The number of nitrogens with one attached hydrogen (secondary N) is 2. The first-order valence-electron chi connectivity index (χ1n) is 8.74. The average Bonchev–Trinajstić information content (AvgIpc) is 3.36. The van der Waals surface area contributed by atoms with Gasteiger partial charge in [0.15, 0.2) is 0 Å². The van der Waals surface area contributed by atoms with Crippen LogP contribution in [0.25, 0.3) is 21.8 Å². The molecule has 0 saturated carbocycles. The Labute approximate surface area is 166 Å². The molecule has 0 unspecified atom stereocenters. The lowest BCUT2D eigenvalue weighted by Crippen LogP contribution is -1.94. The van der Waals surface area contributed by atoms with Crippen LogP contribution in [0.2, 0.25) is 0 Å². The standard InChI is InChI=1S/C15H13NO.C8H6BrN/c1-2-4-12(5-3-1)11-17-14-6-7-15-13(10-14)8-9-16-15;9-7-1-2-8-6(5-7)3-4-10-8/h1-10,16H,11H2;1-5,10H. The van der Waals surface area contributed by atoms with Gasteiger partial charge in [-0.1, -0.05) is 46.3 Å². The summed E-state index contributed by atoms with van der Waals surface area (Å²) >= 11 is 3.40. The number of hydrogen-bond donors (Lipinski definition) is 2. The molecule has 2 N–H and O–H groups in total. The molecular weight excluding hydrogens is 400 g/mol. The number of H-pyrrole nitrogens is 2. The highest BCUT2D eigenvalue weighted by molar-refractivity contribution is 9.10. The highest BCUT2D eigenvalue weighted by Gasteiger charge is 1.98. The monoisotopic (exact) mass is 418 g/mol. The van der Waals surface area contributed by atoms with Crippen LogP contribution in [0.5, 0.6) is 5.75 Å². The fourth-order valence-corrected chi connectivity index (χ4v) is 3.27. The largest absolute Gasteiger partial charge is 0.489 e. The quantitative estimate of drug-likeness (QED) is 0.337. The molecule has 3 nitrogen and oxygen atoms in total. The van der Waals surface area contributed by atoms with Crippen LogP contribution in [0, 0.1) is 0 Å². The predicted octanol–water partition coefficient (Wildman–Crippen LogP) is 6.68. The second-order valence-corrected chi connectivity index (χ2v) is 7.13. The number of ether oxygens (including phenoxy) is 1. The van der Waals surface area contributed by atoms with Gasteiger partial charge < -0.3 is 14.7 Å². The van der Waals surface area contributed by atoms with Crippen molar-refractivity contribution in [2.75, 3.05) is 0 Å². The fourth-order valence-electron chi connectivity index (χ4n) is 2.89. The van der Waals surface area contributed by atoms with Crippen molar-refractivity contribution in [3.63, 3.8) is 0 Å². The molecule has 0 aliphatic carbocycles. The number of aromatic nitrogens is 2. The summed E-state index contributed by atoms with van der Waals surface area (Å²) in [4.78, 5) is 6.29. The predicted molar refractivity (Wildman–Crippen MR) is 115 cm³/mol. The molecule has 4 heteroatoms. The number of aromatic amines is 2. The summed E-state index contributed by atoms with van der Waals surface area (Å²) in [5.74, 6) is 0.904. The van der Waals surface area contributed by atoms with Gasteiger partial charge in [-0.15, -0.1) is 0 Å². The van der Waals surface area contributed by atoms with E-state index in [0.717, 1.165) is 15.7 Å². The first-order chi connectivity index (χ1) is 13.3. The molecule has 0 bridgehead atoms. The van der Waals surface area contributed by atoms with Gasteiger partial charge in [-0.2, -0.15) is 0 Å². The van der Waals surface area contributed by atoms with E-state index in [-0.39, 0.29) is 0 Å². The van der Waals surface area contributed by atoms with Crippen molar-refractivity contribution in [2.24, 2.45) is 0 Å². The maximum Gasteiger partial charge on any atom is 0.120 e. The maximum atomic E-state index is 5.76. The Morgan fingerprint density at radius 1 is 0.704 bits per heavy atom. The average molecular weight is 419 g/mol. The summed E-state index contributed by atoms with van der Waals surface area (Å²) < 4.78 is 6.88. The minimum atomic E-state index is 0.608. The van der Waals surface area contributed by atoms with Gasteiger partial charge in [0.05, 0.1) is 0 Å². The van der Waals surface area contributed by atoms with Crippen molar-refractivity contribution in [3.05, 3.63) is 101 Å². The minimum absolute atomic E-state index is 0.608. The van der Waals surface area contributed by atoms with Gasteiger partial charge in [-0.05, 0) is 54.1 Å². The molecule has 5 rings (SSSR count). The molecule has 5 aromatic rings. The minimum Gasteiger partial charge on any atom is -0.489 e. The van der Waals surface area contributed by atoms with Gasteiger partial charge in [-0.25, -0.2) is 0 Å². The number of halogens is 1. The molecule has 3 aromatic carbocycles. The van der Waals surface area contributed by atoms with Gasteiger partial charge in [-0.3, -0.25) is 0 Å². The van der Waals surface area contributed by atoms with Crippen LogP contribution in [-0.2, 0) is 6.61 Å². The van der Waals surface area contributed by atoms with Crippen LogP contribution < -0.4 is 4.74 Å². The molecular formula is C23H19BrN2O. The fraction of sp³-hybridized carbons (Fsp3) is 0.0435. The van der Waals surface area contributed by atoms with Crippen LogP contribution >= 0.6 is 15.9 Å². The number of fused-ring (bicyclic) bond motifs is 2. The van der Waals surface area contributed by atoms with Crippen molar-refractivity contribution < 1.29 is 4.74 Å². The number of rotatable bonds is 3. The van der Waals surface area contributed by atoms with E-state index >= 15 is 0 Å². The highest BCUT2D eigenvalue weighted by Crippen LogP contribution is 2.20. The lowest BCUT2D eigenvalue weighted by Gasteiger charge is -2.06. The molecule has 0 fully saturated rings. The molecule has 134 valence electrons. The van der Waals surface area contributed by atoms with Gasteiger partial charge in [0.25, 0.3) is 0 Å². The second-order valence-electron chi connectivity index (χ2n) is 6.21. The first kappa shape index (κ1) is 17.4. The van der Waals surface area contributed by atoms with Crippen LogP contribution in [-0.4, -0.2) is 9.97 Å². The third-order valence-electron chi connectivity index (χ3n) is 4.29. The van der Waals surface area contributed by atoms with Gasteiger partial charge in [0, 0.05) is 38.7 Å². The molecule has 0 atom stereocenters. The van der Waals surface area contributed by atoms with Crippen molar-refractivity contribution in [3.8, 4) is 5.75 Å². The van der Waals surface area contributed by atoms with E-state index in [4.69, 9.17) is 4.74 Å². The summed E-state index contributed by atoms with van der Waals surface area (Å²) in [5.41, 5.74) is 3.50. The Morgan fingerprint density at radius 3 is 2.11 bits per heavy atom. The number of hydrogen-bond acceptors (Lipinski definition) is 1. The topological polar surface area (TPSA) is 40.8 Å². The van der Waals surface area contributed by atoms with E-state index in [1.807, 2.05) is 54.9 Å². The molecule has 0 aliphatic rings. The maximum absolute atomic E-state index is 5.76. The summed E-state index contributed by atoms with van der Waals surface area (Å²) in [6.45, 7) is 0.608. The van der Waals surface area contributed by atoms with E-state index in [2.05, 4.69) is 62.3 Å². The van der Waals surface area contributed by atoms with E-state index in [9.17, 15) is 0 Å². The Bertz CT molecular complexity index is 1140. The lowest BCUT2D eigenvalue weighted by molar-refractivity contribution is 0.306. The third-order valence-corrected chi connectivity index (χ3v) is 4.78. The zero-order valence-corrected chi connectivity index (χ0v) is 16.2. The zero-order valence-electron chi connectivity index (χ0n) is 14.7. The van der Waals surface area contributed by atoms with Crippen LogP contribution in [0.1, 0.15) is 5.56 Å². The van der Waals surface area contributed by atoms with Gasteiger partial charge in [0.1, 0.15) is 12.4 Å². The molecule has 0 amide bonds. The van der Waals surface area contributed by atoms with Crippen molar-refractivity contribution >= 4 is 37.7 Å². The molecule has 0 aliphatic heterocycles. The summed E-state index contributed by atoms with van der Waals surface area (Å²) in [5, 5.41) is 2.42.